The van der Waals surface area contributed by atoms with E-state index in [-0.39, 0.29) is 11.9 Å². The molecule has 0 bridgehead atoms. The van der Waals surface area contributed by atoms with Crippen molar-refractivity contribution >= 4 is 11.6 Å². The van der Waals surface area contributed by atoms with Crippen molar-refractivity contribution in [3.8, 4) is 0 Å². The summed E-state index contributed by atoms with van der Waals surface area (Å²) in [5.41, 5.74) is 7.97. The average molecular weight is 279 g/mol. The number of likely N-dealkylation sites (tertiary alicyclic amines) is 1. The van der Waals surface area contributed by atoms with Gasteiger partial charge >= 0.3 is 0 Å². The Bertz CT molecular complexity index is 494. The van der Waals surface area contributed by atoms with Gasteiger partial charge in [-0.25, -0.2) is 0 Å². The molecule has 20 heavy (non-hydrogen) atoms. The summed E-state index contributed by atoms with van der Waals surface area (Å²) in [5.74, 6) is 0.0153. The summed E-state index contributed by atoms with van der Waals surface area (Å²) in [7, 11) is 5.86. The number of carbonyl (C=O) groups excluding carboxylic acids is 1. The third kappa shape index (κ3) is 2.65. The molecule has 0 radical (unpaired) electrons. The molecule has 0 saturated carbocycles. The lowest BCUT2D eigenvalue weighted by molar-refractivity contribution is 0.0706. The highest BCUT2D eigenvalue weighted by Crippen LogP contribution is 2.24. The van der Waals surface area contributed by atoms with E-state index >= 15 is 0 Å². The number of anilines is 1. The van der Waals surface area contributed by atoms with Crippen molar-refractivity contribution in [1.29, 1.82) is 0 Å². The van der Waals surface area contributed by atoms with Gasteiger partial charge in [0.1, 0.15) is 5.69 Å². The van der Waals surface area contributed by atoms with Gasteiger partial charge in [-0.15, -0.1) is 0 Å². The highest BCUT2D eigenvalue weighted by atomic mass is 16.2. The molecule has 1 aromatic heterocycles. The minimum Gasteiger partial charge on any atom is -0.395 e. The Morgan fingerprint density at radius 2 is 2.20 bits per heavy atom. The molecule has 2 N–H and O–H groups in total. The number of nitrogens with zero attached hydrogens (tertiary/aromatic N) is 4. The van der Waals surface area contributed by atoms with E-state index in [2.05, 4.69) is 10.00 Å². The summed E-state index contributed by atoms with van der Waals surface area (Å²) in [6, 6.07) is 0.275. The summed E-state index contributed by atoms with van der Waals surface area (Å²) >= 11 is 0. The van der Waals surface area contributed by atoms with E-state index in [1.54, 1.807) is 11.7 Å². The van der Waals surface area contributed by atoms with Gasteiger partial charge in [-0.05, 0) is 33.4 Å². The van der Waals surface area contributed by atoms with Crippen molar-refractivity contribution in [3.05, 3.63) is 11.4 Å². The predicted molar refractivity (Wildman–Crippen MR) is 79.6 cm³/mol. The number of hydrogen-bond acceptors (Lipinski definition) is 4. The second-order valence-corrected chi connectivity index (χ2v) is 5.74. The molecule has 1 saturated heterocycles. The largest absolute Gasteiger partial charge is 0.395 e. The maximum Gasteiger partial charge on any atom is 0.274 e. The van der Waals surface area contributed by atoms with Crippen LogP contribution in [0.5, 0.6) is 0 Å². The third-order valence-corrected chi connectivity index (χ3v) is 3.91. The highest BCUT2D eigenvalue weighted by Gasteiger charge is 2.32. The number of amides is 1. The molecule has 0 aromatic carbocycles. The van der Waals surface area contributed by atoms with E-state index < -0.39 is 0 Å². The van der Waals surface area contributed by atoms with Crippen LogP contribution in [0, 0.1) is 0 Å². The quantitative estimate of drug-likeness (QED) is 0.882. The fourth-order valence-electron chi connectivity index (χ4n) is 2.96. The number of nitrogen functional groups attached to an aromatic ring is 1. The number of carbonyl (C=O) groups is 1. The van der Waals surface area contributed by atoms with E-state index in [9.17, 15) is 4.79 Å². The standard InChI is InChI=1S/C14H25N5O/c1-5-11-12(15)13(18(4)16-11)14(20)19-8-6-7-10(19)9-17(2)3/h10H,5-9,15H2,1-4H3. The maximum absolute atomic E-state index is 12.8. The minimum absolute atomic E-state index is 0.0153. The zero-order valence-corrected chi connectivity index (χ0v) is 12.9. The topological polar surface area (TPSA) is 67.4 Å². The lowest BCUT2D eigenvalue weighted by atomic mass is 10.2. The van der Waals surface area contributed by atoms with Gasteiger partial charge in [-0.2, -0.15) is 5.10 Å². The molecule has 1 unspecified atom stereocenters. The van der Waals surface area contributed by atoms with Crippen molar-refractivity contribution in [3.63, 3.8) is 0 Å². The molecule has 112 valence electrons. The Hall–Kier alpha value is -1.56. The first-order chi connectivity index (χ1) is 9.45. The molecule has 0 spiro atoms. The van der Waals surface area contributed by atoms with Crippen LogP contribution in [0.1, 0.15) is 35.9 Å². The first-order valence-corrected chi connectivity index (χ1v) is 7.22. The van der Waals surface area contributed by atoms with E-state index in [1.807, 2.05) is 25.9 Å². The molecule has 1 aliphatic heterocycles. The Kier molecular flexibility index (Phi) is 4.32. The monoisotopic (exact) mass is 279 g/mol. The summed E-state index contributed by atoms with van der Waals surface area (Å²) in [6.07, 6.45) is 2.86. The number of likely N-dealkylation sites (N-methyl/N-ethyl adjacent to an activating group) is 1. The smallest absolute Gasteiger partial charge is 0.274 e. The van der Waals surface area contributed by atoms with Crippen LogP contribution in [0.3, 0.4) is 0 Å². The molecular weight excluding hydrogens is 254 g/mol. The van der Waals surface area contributed by atoms with Gasteiger partial charge in [-0.3, -0.25) is 9.48 Å². The van der Waals surface area contributed by atoms with Crippen LogP contribution in [0.4, 0.5) is 5.69 Å². The Morgan fingerprint density at radius 3 is 2.75 bits per heavy atom. The second-order valence-electron chi connectivity index (χ2n) is 5.74. The predicted octanol–water partition coefficient (Wildman–Crippen LogP) is 0.731. The summed E-state index contributed by atoms with van der Waals surface area (Å²) in [4.78, 5) is 16.9. The van der Waals surface area contributed by atoms with Crippen LogP contribution in [-0.2, 0) is 13.5 Å². The molecule has 1 amide bonds. The first-order valence-electron chi connectivity index (χ1n) is 7.22. The zero-order valence-electron chi connectivity index (χ0n) is 12.9. The molecule has 1 aromatic rings. The van der Waals surface area contributed by atoms with Crippen LogP contribution in [0.25, 0.3) is 0 Å². The Balaban J connectivity index is 2.24. The first kappa shape index (κ1) is 14.8. The van der Waals surface area contributed by atoms with E-state index in [4.69, 9.17) is 5.73 Å². The van der Waals surface area contributed by atoms with Gasteiger partial charge in [0.15, 0.2) is 0 Å². The van der Waals surface area contributed by atoms with E-state index in [1.165, 1.54) is 0 Å². The van der Waals surface area contributed by atoms with Gasteiger partial charge in [0.2, 0.25) is 0 Å². The number of hydrogen-bond donors (Lipinski definition) is 1. The zero-order chi connectivity index (χ0) is 14.9. The summed E-state index contributed by atoms with van der Waals surface area (Å²) in [5, 5.41) is 4.34. The van der Waals surface area contributed by atoms with Gasteiger partial charge in [0.25, 0.3) is 5.91 Å². The lowest BCUT2D eigenvalue weighted by Crippen LogP contribution is -2.42. The molecular formula is C14H25N5O. The summed E-state index contributed by atoms with van der Waals surface area (Å²) in [6.45, 7) is 3.70. The van der Waals surface area contributed by atoms with Crippen molar-refractivity contribution in [1.82, 2.24) is 19.6 Å². The normalized spacial score (nSPS) is 19.1. The molecule has 1 aliphatic rings. The van der Waals surface area contributed by atoms with Crippen LogP contribution < -0.4 is 5.73 Å². The number of nitrogens with two attached hydrogens (primary N) is 1. The van der Waals surface area contributed by atoms with E-state index in [0.717, 1.165) is 38.0 Å². The molecule has 2 heterocycles. The molecule has 6 nitrogen and oxygen atoms in total. The number of rotatable bonds is 4. The molecule has 6 heteroatoms. The minimum atomic E-state index is 0.0153. The van der Waals surface area contributed by atoms with Crippen molar-refractivity contribution < 1.29 is 4.79 Å². The number of aromatic nitrogens is 2. The van der Waals surface area contributed by atoms with Crippen molar-refractivity contribution in [2.24, 2.45) is 7.05 Å². The van der Waals surface area contributed by atoms with Gasteiger partial charge in [-0.1, -0.05) is 6.92 Å². The van der Waals surface area contributed by atoms with Gasteiger partial charge in [0.05, 0.1) is 11.4 Å². The van der Waals surface area contributed by atoms with Crippen LogP contribution in [0.15, 0.2) is 0 Å². The Labute approximate surface area is 120 Å². The van der Waals surface area contributed by atoms with Crippen LogP contribution in [0.2, 0.25) is 0 Å². The molecule has 1 atom stereocenters. The van der Waals surface area contributed by atoms with Crippen LogP contribution >= 0.6 is 0 Å². The Morgan fingerprint density at radius 1 is 1.50 bits per heavy atom. The van der Waals surface area contributed by atoms with Crippen molar-refractivity contribution in [2.75, 3.05) is 32.9 Å². The third-order valence-electron chi connectivity index (χ3n) is 3.91. The molecule has 0 aliphatic carbocycles. The summed E-state index contributed by atoms with van der Waals surface area (Å²) < 4.78 is 1.63. The van der Waals surface area contributed by atoms with Gasteiger partial charge in [0, 0.05) is 26.2 Å². The second kappa shape index (κ2) is 5.83. The fraction of sp³-hybridized carbons (Fsp3) is 0.714. The van der Waals surface area contributed by atoms with Gasteiger partial charge < -0.3 is 15.5 Å². The molecule has 1 fully saturated rings. The highest BCUT2D eigenvalue weighted by molar-refractivity contribution is 5.98. The molecule has 2 rings (SSSR count). The average Bonchev–Trinajstić information content (AvgIpc) is 2.93. The number of aryl methyl sites for hydroxylation is 2. The van der Waals surface area contributed by atoms with Crippen LogP contribution in [-0.4, -0.2) is 58.7 Å². The SMILES string of the molecule is CCc1nn(C)c(C(=O)N2CCCC2CN(C)C)c1N. The lowest BCUT2D eigenvalue weighted by Gasteiger charge is -2.27. The maximum atomic E-state index is 12.8. The fourth-order valence-corrected chi connectivity index (χ4v) is 2.96. The van der Waals surface area contributed by atoms with Crippen molar-refractivity contribution in [2.45, 2.75) is 32.2 Å². The van der Waals surface area contributed by atoms with E-state index in [0.29, 0.717) is 11.4 Å².